The molecule has 1 aromatic rings. The van der Waals surface area contributed by atoms with Crippen molar-refractivity contribution in [3.63, 3.8) is 0 Å². The quantitative estimate of drug-likeness (QED) is 0.827. The van der Waals surface area contributed by atoms with Crippen LogP contribution < -0.4 is 4.90 Å². The topological polar surface area (TPSA) is 49.8 Å². The highest BCUT2D eigenvalue weighted by Gasteiger charge is 2.21. The van der Waals surface area contributed by atoms with Gasteiger partial charge in [-0.3, -0.25) is 0 Å². The van der Waals surface area contributed by atoms with Crippen molar-refractivity contribution in [3.8, 4) is 0 Å². The van der Waals surface area contributed by atoms with Gasteiger partial charge in [0.25, 0.3) is 0 Å². The first kappa shape index (κ1) is 12.6. The monoisotopic (exact) mass is 247 g/mol. The van der Waals surface area contributed by atoms with E-state index < -0.39 is 5.97 Å². The van der Waals surface area contributed by atoms with Crippen molar-refractivity contribution >= 4 is 17.7 Å². The lowest BCUT2D eigenvalue weighted by molar-refractivity contribution is -0.131. The number of anilines is 1. The van der Waals surface area contributed by atoms with Crippen LogP contribution in [0, 0.1) is 0 Å². The van der Waals surface area contributed by atoms with Gasteiger partial charge in [-0.15, -0.1) is 0 Å². The van der Waals surface area contributed by atoms with Crippen LogP contribution in [0.2, 0.25) is 0 Å². The minimum atomic E-state index is -0.934. The molecule has 18 heavy (non-hydrogen) atoms. The van der Waals surface area contributed by atoms with Crippen LogP contribution in [0.5, 0.6) is 0 Å². The number of para-hydroxylation sites is 1. The van der Waals surface area contributed by atoms with Crippen molar-refractivity contribution < 1.29 is 14.6 Å². The van der Waals surface area contributed by atoms with E-state index in [4.69, 9.17) is 9.84 Å². The Balaban J connectivity index is 2.23. The van der Waals surface area contributed by atoms with Gasteiger partial charge < -0.3 is 14.7 Å². The first-order valence-corrected chi connectivity index (χ1v) is 5.99. The highest BCUT2D eigenvalue weighted by molar-refractivity contribution is 5.87. The molecular weight excluding hydrogens is 230 g/mol. The Hall–Kier alpha value is -1.81. The summed E-state index contributed by atoms with van der Waals surface area (Å²) < 4.78 is 5.38. The van der Waals surface area contributed by atoms with Crippen molar-refractivity contribution in [2.75, 3.05) is 25.2 Å². The molecule has 0 saturated carbocycles. The number of rotatable bonds is 4. The van der Waals surface area contributed by atoms with Gasteiger partial charge in [-0.1, -0.05) is 18.2 Å². The van der Waals surface area contributed by atoms with Crippen molar-refractivity contribution in [3.05, 3.63) is 35.9 Å². The number of nitrogens with zero attached hydrogens (tertiary/aromatic N) is 1. The second-order valence-corrected chi connectivity index (χ2v) is 4.36. The number of carboxylic acid groups (broad SMARTS) is 1. The van der Waals surface area contributed by atoms with Crippen LogP contribution in [0.4, 0.5) is 5.69 Å². The predicted octanol–water partition coefficient (Wildman–Crippen LogP) is 2.01. The van der Waals surface area contributed by atoms with Gasteiger partial charge in [0.05, 0.1) is 12.6 Å². The fourth-order valence-corrected chi connectivity index (χ4v) is 2.13. The summed E-state index contributed by atoms with van der Waals surface area (Å²) in [7, 11) is 2.02. The Morgan fingerprint density at radius 2 is 2.28 bits per heavy atom. The van der Waals surface area contributed by atoms with Crippen molar-refractivity contribution in [2.45, 2.75) is 12.5 Å². The summed E-state index contributed by atoms with van der Waals surface area (Å²) in [6, 6.07) is 8.15. The lowest BCUT2D eigenvalue weighted by atomic mass is 10.1. The molecular formula is C14H17NO3. The lowest BCUT2D eigenvalue weighted by Gasteiger charge is -2.27. The average Bonchev–Trinajstić information content (AvgIpc) is 2.89. The molecule has 0 spiro atoms. The van der Waals surface area contributed by atoms with Crippen LogP contribution in [0.25, 0.3) is 6.08 Å². The Kier molecular flexibility index (Phi) is 3.99. The number of carbonyl (C=O) groups is 1. The SMILES string of the molecule is CN(c1ccccc1/C=C/C(=O)O)C1CCOC1. The zero-order valence-electron chi connectivity index (χ0n) is 10.4. The molecule has 1 saturated heterocycles. The van der Waals surface area contributed by atoms with Crippen LogP contribution in [-0.4, -0.2) is 37.4 Å². The number of aliphatic carboxylic acids is 1. The molecule has 96 valence electrons. The molecule has 1 N–H and O–H groups in total. The van der Waals surface area contributed by atoms with Crippen molar-refractivity contribution in [2.24, 2.45) is 0 Å². The summed E-state index contributed by atoms with van der Waals surface area (Å²) in [4.78, 5) is 12.8. The van der Waals surface area contributed by atoms with Crippen LogP contribution in [0.3, 0.4) is 0 Å². The van der Waals surface area contributed by atoms with E-state index in [1.54, 1.807) is 6.08 Å². The Morgan fingerprint density at radius 3 is 2.94 bits per heavy atom. The van der Waals surface area contributed by atoms with Gasteiger partial charge in [0.1, 0.15) is 0 Å². The molecule has 1 aromatic carbocycles. The molecule has 1 aliphatic rings. The first-order chi connectivity index (χ1) is 8.68. The fraction of sp³-hybridized carbons (Fsp3) is 0.357. The van der Waals surface area contributed by atoms with E-state index in [-0.39, 0.29) is 0 Å². The van der Waals surface area contributed by atoms with Gasteiger partial charge in [-0.2, -0.15) is 0 Å². The van der Waals surface area contributed by atoms with Crippen LogP contribution in [0.15, 0.2) is 30.3 Å². The maximum absolute atomic E-state index is 10.6. The van der Waals surface area contributed by atoms with Gasteiger partial charge in [-0.25, -0.2) is 4.79 Å². The molecule has 1 fully saturated rings. The third kappa shape index (κ3) is 2.90. The maximum Gasteiger partial charge on any atom is 0.328 e. The minimum Gasteiger partial charge on any atom is -0.478 e. The standard InChI is InChI=1S/C14H17NO3/c1-15(12-8-9-18-10-12)13-5-3-2-4-11(13)6-7-14(16)17/h2-7,12H,8-10H2,1H3,(H,16,17)/b7-6+. The Bertz CT molecular complexity index is 450. The summed E-state index contributed by atoms with van der Waals surface area (Å²) in [5, 5.41) is 8.70. The second kappa shape index (κ2) is 5.69. The number of ether oxygens (including phenoxy) is 1. The predicted molar refractivity (Wildman–Crippen MR) is 70.7 cm³/mol. The summed E-state index contributed by atoms with van der Waals surface area (Å²) in [5.74, 6) is -0.934. The van der Waals surface area contributed by atoms with Crippen molar-refractivity contribution in [1.29, 1.82) is 0 Å². The average molecular weight is 247 g/mol. The third-order valence-electron chi connectivity index (χ3n) is 3.18. The minimum absolute atomic E-state index is 0.365. The lowest BCUT2D eigenvalue weighted by Crippen LogP contribution is -2.32. The van der Waals surface area contributed by atoms with Crippen molar-refractivity contribution in [1.82, 2.24) is 0 Å². The van der Waals surface area contributed by atoms with E-state index in [1.807, 2.05) is 31.3 Å². The van der Waals surface area contributed by atoms with Crippen LogP contribution in [-0.2, 0) is 9.53 Å². The molecule has 1 atom stereocenters. The zero-order valence-corrected chi connectivity index (χ0v) is 10.4. The van der Waals surface area contributed by atoms with E-state index >= 15 is 0 Å². The zero-order chi connectivity index (χ0) is 13.0. The molecule has 2 rings (SSSR count). The van der Waals surface area contributed by atoms with Gasteiger partial charge in [0.15, 0.2) is 0 Å². The number of hydrogen-bond donors (Lipinski definition) is 1. The second-order valence-electron chi connectivity index (χ2n) is 4.36. The van der Waals surface area contributed by atoms with E-state index in [1.165, 1.54) is 0 Å². The third-order valence-corrected chi connectivity index (χ3v) is 3.18. The highest BCUT2D eigenvalue weighted by Crippen LogP contribution is 2.25. The molecule has 0 amide bonds. The van der Waals surface area contributed by atoms with E-state index in [2.05, 4.69) is 4.90 Å². The molecule has 4 heteroatoms. The number of benzene rings is 1. The first-order valence-electron chi connectivity index (χ1n) is 5.99. The summed E-state index contributed by atoms with van der Waals surface area (Å²) in [6.07, 6.45) is 3.80. The summed E-state index contributed by atoms with van der Waals surface area (Å²) >= 11 is 0. The maximum atomic E-state index is 10.6. The number of likely N-dealkylation sites (N-methyl/N-ethyl adjacent to an activating group) is 1. The fourth-order valence-electron chi connectivity index (χ4n) is 2.13. The molecule has 4 nitrogen and oxygen atoms in total. The van der Waals surface area contributed by atoms with Gasteiger partial charge in [-0.05, 0) is 24.1 Å². The molecule has 1 aliphatic heterocycles. The Labute approximate surface area is 106 Å². The number of hydrogen-bond acceptors (Lipinski definition) is 3. The molecule has 0 radical (unpaired) electrons. The molecule has 0 aliphatic carbocycles. The van der Waals surface area contributed by atoms with Crippen LogP contribution >= 0.6 is 0 Å². The number of carboxylic acids is 1. The largest absolute Gasteiger partial charge is 0.478 e. The Morgan fingerprint density at radius 1 is 1.50 bits per heavy atom. The molecule has 1 heterocycles. The van der Waals surface area contributed by atoms with Gasteiger partial charge >= 0.3 is 5.97 Å². The highest BCUT2D eigenvalue weighted by atomic mass is 16.5. The van der Waals surface area contributed by atoms with E-state index in [0.29, 0.717) is 6.04 Å². The van der Waals surface area contributed by atoms with E-state index in [0.717, 1.165) is 37.0 Å². The van der Waals surface area contributed by atoms with E-state index in [9.17, 15) is 4.79 Å². The summed E-state index contributed by atoms with van der Waals surface area (Å²) in [6.45, 7) is 1.52. The summed E-state index contributed by atoms with van der Waals surface area (Å²) in [5.41, 5.74) is 1.94. The van der Waals surface area contributed by atoms with Gasteiger partial charge in [0, 0.05) is 25.4 Å². The molecule has 0 bridgehead atoms. The normalized spacial score (nSPS) is 19.3. The molecule has 0 aromatic heterocycles. The van der Waals surface area contributed by atoms with Crippen LogP contribution in [0.1, 0.15) is 12.0 Å². The smallest absolute Gasteiger partial charge is 0.328 e. The molecule has 1 unspecified atom stereocenters. The van der Waals surface area contributed by atoms with Gasteiger partial charge in [0.2, 0.25) is 0 Å².